The number of hydrogen-bond donors (Lipinski definition) is 1. The summed E-state index contributed by atoms with van der Waals surface area (Å²) in [5.74, 6) is 4.91. The first-order valence-electron chi connectivity index (χ1n) is 8.36. The van der Waals surface area contributed by atoms with E-state index in [1.54, 1.807) is 37.5 Å². The highest BCUT2D eigenvalue weighted by Crippen LogP contribution is 2.20. The van der Waals surface area contributed by atoms with Crippen LogP contribution in [-0.2, 0) is 12.1 Å². The number of carbonyl (C=O) groups excluding carboxylic acids is 1. The van der Waals surface area contributed by atoms with Crippen LogP contribution in [0.5, 0.6) is 0 Å². The highest BCUT2D eigenvalue weighted by atomic mass is 79.9. The molecule has 0 bridgehead atoms. The summed E-state index contributed by atoms with van der Waals surface area (Å²) in [6.07, 6.45) is 6.23. The Morgan fingerprint density at radius 3 is 2.92 bits per heavy atom. The van der Waals surface area contributed by atoms with E-state index in [1.807, 2.05) is 24.4 Å². The lowest BCUT2D eigenvalue weighted by Crippen LogP contribution is -2.19. The zero-order chi connectivity index (χ0) is 18.6. The normalized spacial score (nSPS) is 13.0. The molecule has 2 aromatic heterocycles. The van der Waals surface area contributed by atoms with Crippen molar-refractivity contribution in [3.05, 3.63) is 66.1 Å². The van der Waals surface area contributed by atoms with Gasteiger partial charge in [0.05, 0.1) is 0 Å². The average Bonchev–Trinajstić information content (AvgIpc) is 3.07. The summed E-state index contributed by atoms with van der Waals surface area (Å²) in [5.41, 5.74) is 0.746. The second kappa shape index (κ2) is 7.86. The molecule has 0 aliphatic carbocycles. The SMILES string of the molecule is CC(O)(C#CC(=O)c1ccc2c(ccn2CCCBr)c1)c1cccnc1. The third kappa shape index (κ3) is 4.04. The quantitative estimate of drug-likeness (QED) is 0.300. The predicted octanol–water partition coefficient (Wildman–Crippen LogP) is 3.92. The number of nitrogens with zero attached hydrogens (tertiary/aromatic N) is 2. The van der Waals surface area contributed by atoms with E-state index in [4.69, 9.17) is 0 Å². The minimum Gasteiger partial charge on any atom is -0.374 e. The molecule has 2 heterocycles. The van der Waals surface area contributed by atoms with Gasteiger partial charge in [-0.25, -0.2) is 0 Å². The molecule has 3 rings (SSSR count). The van der Waals surface area contributed by atoms with Crippen LogP contribution < -0.4 is 0 Å². The second-order valence-electron chi connectivity index (χ2n) is 6.22. The topological polar surface area (TPSA) is 55.1 Å². The molecule has 0 saturated carbocycles. The first-order valence-corrected chi connectivity index (χ1v) is 9.48. The van der Waals surface area contributed by atoms with Crippen molar-refractivity contribution < 1.29 is 9.90 Å². The summed E-state index contributed by atoms with van der Waals surface area (Å²) < 4.78 is 2.17. The fourth-order valence-corrected chi connectivity index (χ4v) is 2.99. The third-order valence-electron chi connectivity index (χ3n) is 4.21. The van der Waals surface area contributed by atoms with Crippen LogP contribution in [0.2, 0.25) is 0 Å². The van der Waals surface area contributed by atoms with Crippen molar-refractivity contribution in [3.8, 4) is 11.8 Å². The molecule has 0 fully saturated rings. The van der Waals surface area contributed by atoms with Crippen molar-refractivity contribution >= 4 is 32.6 Å². The molecule has 3 aromatic rings. The van der Waals surface area contributed by atoms with Crippen molar-refractivity contribution in [3.63, 3.8) is 0 Å². The van der Waals surface area contributed by atoms with Gasteiger partial charge >= 0.3 is 0 Å². The molecule has 0 aliphatic rings. The maximum atomic E-state index is 12.4. The fourth-order valence-electron chi connectivity index (χ4n) is 2.74. The molecule has 1 unspecified atom stereocenters. The van der Waals surface area contributed by atoms with Crippen LogP contribution in [0.4, 0.5) is 0 Å². The van der Waals surface area contributed by atoms with Gasteiger partial charge < -0.3 is 9.67 Å². The summed E-state index contributed by atoms with van der Waals surface area (Å²) in [4.78, 5) is 16.4. The summed E-state index contributed by atoms with van der Waals surface area (Å²) in [6, 6.07) is 11.0. The second-order valence-corrected chi connectivity index (χ2v) is 7.01. The lowest BCUT2D eigenvalue weighted by Gasteiger charge is -2.15. The van der Waals surface area contributed by atoms with E-state index in [1.165, 1.54) is 0 Å². The Labute approximate surface area is 161 Å². The molecule has 0 aliphatic heterocycles. The van der Waals surface area contributed by atoms with Crippen LogP contribution >= 0.6 is 15.9 Å². The molecule has 26 heavy (non-hydrogen) atoms. The number of aryl methyl sites for hydroxylation is 1. The first kappa shape index (κ1) is 18.4. The lowest BCUT2D eigenvalue weighted by molar-refractivity contribution is 0.104. The van der Waals surface area contributed by atoms with Crippen LogP contribution in [0.25, 0.3) is 10.9 Å². The van der Waals surface area contributed by atoms with Gasteiger partial charge in [0, 0.05) is 52.5 Å². The number of ketones is 1. The standard InChI is InChI=1S/C21H19BrN2O2/c1-21(26,18-4-2-11-23-15-18)9-7-20(25)17-5-6-19-16(14-17)8-13-24(19)12-3-10-22/h2,4-6,8,11,13-15,26H,3,10,12H2,1H3. The minimum atomic E-state index is -1.42. The van der Waals surface area contributed by atoms with Crippen molar-refractivity contribution in [1.82, 2.24) is 9.55 Å². The van der Waals surface area contributed by atoms with Gasteiger partial charge in [0.25, 0.3) is 0 Å². The maximum absolute atomic E-state index is 12.4. The van der Waals surface area contributed by atoms with Gasteiger partial charge in [0.15, 0.2) is 0 Å². The van der Waals surface area contributed by atoms with E-state index in [9.17, 15) is 9.90 Å². The molecule has 132 valence electrons. The summed E-state index contributed by atoms with van der Waals surface area (Å²) in [6.45, 7) is 2.48. The number of carbonyl (C=O) groups is 1. The Hall–Kier alpha value is -2.42. The number of aliphatic hydroxyl groups is 1. The number of aromatic nitrogens is 2. The van der Waals surface area contributed by atoms with Crippen LogP contribution in [0.15, 0.2) is 55.0 Å². The molecule has 1 aromatic carbocycles. The number of halogens is 1. The Morgan fingerprint density at radius 2 is 2.19 bits per heavy atom. The number of hydrogen-bond acceptors (Lipinski definition) is 3. The molecular formula is C21H19BrN2O2. The van der Waals surface area contributed by atoms with Gasteiger partial charge in [-0.15, -0.1) is 0 Å². The molecule has 1 N–H and O–H groups in total. The summed E-state index contributed by atoms with van der Waals surface area (Å²) in [7, 11) is 0. The van der Waals surface area contributed by atoms with E-state index in [0.29, 0.717) is 11.1 Å². The van der Waals surface area contributed by atoms with Crippen LogP contribution in [-0.4, -0.2) is 25.8 Å². The summed E-state index contributed by atoms with van der Waals surface area (Å²) >= 11 is 3.44. The van der Waals surface area contributed by atoms with Crippen molar-refractivity contribution in [2.24, 2.45) is 0 Å². The maximum Gasteiger partial charge on any atom is 0.236 e. The number of alkyl halides is 1. The van der Waals surface area contributed by atoms with Gasteiger partial charge in [0.2, 0.25) is 5.78 Å². The number of benzene rings is 1. The van der Waals surface area contributed by atoms with Crippen molar-refractivity contribution in [1.29, 1.82) is 0 Å². The molecule has 0 saturated heterocycles. The molecule has 4 nitrogen and oxygen atoms in total. The fraction of sp³-hybridized carbons (Fsp3) is 0.238. The summed E-state index contributed by atoms with van der Waals surface area (Å²) in [5, 5.41) is 12.4. The highest BCUT2D eigenvalue weighted by molar-refractivity contribution is 9.09. The Morgan fingerprint density at radius 1 is 1.35 bits per heavy atom. The van der Waals surface area contributed by atoms with Gasteiger partial charge in [-0.05, 0) is 49.6 Å². The molecule has 0 amide bonds. The monoisotopic (exact) mass is 410 g/mol. The zero-order valence-corrected chi connectivity index (χ0v) is 16.0. The van der Waals surface area contributed by atoms with Gasteiger partial charge in [0.1, 0.15) is 5.60 Å². The largest absolute Gasteiger partial charge is 0.374 e. The zero-order valence-electron chi connectivity index (χ0n) is 14.4. The Kier molecular flexibility index (Phi) is 5.55. The smallest absolute Gasteiger partial charge is 0.236 e. The number of rotatable bonds is 5. The van der Waals surface area contributed by atoms with Gasteiger partial charge in [-0.1, -0.05) is 27.9 Å². The van der Waals surface area contributed by atoms with Crippen LogP contribution in [0.1, 0.15) is 29.3 Å². The van der Waals surface area contributed by atoms with E-state index in [0.717, 1.165) is 29.2 Å². The van der Waals surface area contributed by atoms with E-state index in [-0.39, 0.29) is 5.78 Å². The minimum absolute atomic E-state index is 0.315. The Balaban J connectivity index is 1.83. The average molecular weight is 411 g/mol. The van der Waals surface area contributed by atoms with Crippen LogP contribution in [0.3, 0.4) is 0 Å². The van der Waals surface area contributed by atoms with Crippen molar-refractivity contribution in [2.45, 2.75) is 25.5 Å². The molecule has 0 radical (unpaired) electrons. The van der Waals surface area contributed by atoms with Crippen molar-refractivity contribution in [2.75, 3.05) is 5.33 Å². The van der Waals surface area contributed by atoms with Gasteiger partial charge in [-0.2, -0.15) is 0 Å². The number of pyridine rings is 1. The van der Waals surface area contributed by atoms with E-state index >= 15 is 0 Å². The molecular weight excluding hydrogens is 392 g/mol. The number of Topliss-reactive ketones (excluding diaryl/α,β-unsaturated/α-hetero) is 1. The highest BCUT2D eigenvalue weighted by Gasteiger charge is 2.20. The van der Waals surface area contributed by atoms with E-state index in [2.05, 4.69) is 37.3 Å². The van der Waals surface area contributed by atoms with Gasteiger partial charge in [-0.3, -0.25) is 9.78 Å². The molecule has 5 heteroatoms. The van der Waals surface area contributed by atoms with Crippen LogP contribution in [0, 0.1) is 11.8 Å². The van der Waals surface area contributed by atoms with E-state index < -0.39 is 5.60 Å². The Bertz CT molecular complexity index is 981. The lowest BCUT2D eigenvalue weighted by atomic mass is 9.98. The first-order chi connectivity index (χ1) is 12.5. The predicted molar refractivity (Wildman–Crippen MR) is 106 cm³/mol. The molecule has 0 spiro atoms. The number of fused-ring (bicyclic) bond motifs is 1. The third-order valence-corrected chi connectivity index (χ3v) is 4.77. The molecule has 1 atom stereocenters.